The van der Waals surface area contributed by atoms with Crippen LogP contribution in [0.3, 0.4) is 0 Å². The maximum Gasteiger partial charge on any atom is 0.276 e. The first-order valence-corrected chi connectivity index (χ1v) is 11.5. The molecule has 0 bridgehead atoms. The number of fused-ring (bicyclic) bond motifs is 1. The number of halogens is 2. The van der Waals surface area contributed by atoms with Gasteiger partial charge in [-0.25, -0.2) is 9.97 Å². The molecule has 2 atom stereocenters. The summed E-state index contributed by atoms with van der Waals surface area (Å²) in [6, 6.07) is 10.4. The van der Waals surface area contributed by atoms with Gasteiger partial charge >= 0.3 is 0 Å². The van der Waals surface area contributed by atoms with Gasteiger partial charge in [-0.05, 0) is 43.5 Å². The third-order valence-electron chi connectivity index (χ3n) is 6.05. The Morgan fingerprint density at radius 3 is 2.68 bits per heavy atom. The molecule has 9 nitrogen and oxygen atoms in total. The van der Waals surface area contributed by atoms with Crippen LogP contribution in [0.25, 0.3) is 0 Å². The molecule has 5 rings (SSSR count). The highest BCUT2D eigenvalue weighted by Crippen LogP contribution is 2.39. The molecule has 1 amide bonds. The van der Waals surface area contributed by atoms with Crippen molar-refractivity contribution in [3.8, 4) is 0 Å². The second-order valence-electron chi connectivity index (χ2n) is 8.45. The molecule has 1 aromatic carbocycles. The van der Waals surface area contributed by atoms with Crippen molar-refractivity contribution < 1.29 is 9.53 Å². The summed E-state index contributed by atoms with van der Waals surface area (Å²) in [5.41, 5.74) is 0.161. The van der Waals surface area contributed by atoms with Crippen LogP contribution in [0.15, 0.2) is 47.5 Å². The number of hydrogen-bond acceptors (Lipinski definition) is 7. The zero-order chi connectivity index (χ0) is 24.0. The van der Waals surface area contributed by atoms with E-state index in [1.165, 1.54) is 19.5 Å². The molecule has 2 aromatic heterocycles. The number of hydrogen-bond donors (Lipinski definition) is 3. The van der Waals surface area contributed by atoms with Gasteiger partial charge in [0.15, 0.2) is 6.23 Å². The van der Waals surface area contributed by atoms with Gasteiger partial charge in [0.25, 0.3) is 5.56 Å². The number of nitrogens with zero attached hydrogens (tertiary/aromatic N) is 3. The minimum atomic E-state index is -0.978. The van der Waals surface area contributed by atoms with Crippen LogP contribution in [-0.2, 0) is 15.2 Å². The Bertz CT molecular complexity index is 1340. The molecule has 2 aliphatic rings. The number of carbonyl (C=O) groups excluding carboxylic acids is 1. The highest BCUT2D eigenvalue weighted by Gasteiger charge is 2.44. The first-order chi connectivity index (χ1) is 16.3. The normalized spacial score (nSPS) is 21.2. The summed E-state index contributed by atoms with van der Waals surface area (Å²) in [5, 5.41) is 10.0. The van der Waals surface area contributed by atoms with E-state index in [-0.39, 0.29) is 23.1 Å². The molecule has 1 saturated carbocycles. The second-order valence-corrected chi connectivity index (χ2v) is 9.30. The van der Waals surface area contributed by atoms with Crippen molar-refractivity contribution in [1.29, 1.82) is 0 Å². The minimum Gasteiger partial charge on any atom is -0.361 e. The summed E-state index contributed by atoms with van der Waals surface area (Å²) >= 11 is 12.9. The Kier molecular flexibility index (Phi) is 5.81. The molecule has 176 valence electrons. The van der Waals surface area contributed by atoms with E-state index in [9.17, 15) is 9.59 Å². The van der Waals surface area contributed by atoms with Crippen molar-refractivity contribution in [2.75, 3.05) is 17.7 Å². The molecule has 34 heavy (non-hydrogen) atoms. The third kappa shape index (κ3) is 4.05. The predicted molar refractivity (Wildman–Crippen MR) is 129 cm³/mol. The highest BCUT2D eigenvalue weighted by atomic mass is 35.5. The van der Waals surface area contributed by atoms with E-state index in [1.807, 2.05) is 19.1 Å². The number of benzene rings is 1. The SMILES string of the molecule is COC1NC(C)(c2cccc(Cl)c2)n2c1c(Cl)cc(Nc1cc(NC(=O)C3CC3)ncn1)c2=O. The van der Waals surface area contributed by atoms with Gasteiger partial charge in [-0.15, -0.1) is 0 Å². The Morgan fingerprint density at radius 2 is 1.97 bits per heavy atom. The minimum absolute atomic E-state index is 0.0388. The Hall–Kier alpha value is -2.98. The van der Waals surface area contributed by atoms with Crippen LogP contribution in [-0.4, -0.2) is 27.6 Å². The van der Waals surface area contributed by atoms with Crippen LogP contribution in [0.5, 0.6) is 0 Å². The third-order valence-corrected chi connectivity index (χ3v) is 6.59. The Balaban J connectivity index is 1.55. The van der Waals surface area contributed by atoms with E-state index in [4.69, 9.17) is 27.9 Å². The number of carbonyl (C=O) groups is 1. The number of rotatable bonds is 6. The maximum absolute atomic E-state index is 13.7. The smallest absolute Gasteiger partial charge is 0.276 e. The first-order valence-electron chi connectivity index (χ1n) is 10.7. The summed E-state index contributed by atoms with van der Waals surface area (Å²) in [6.07, 6.45) is 2.47. The van der Waals surface area contributed by atoms with E-state index in [2.05, 4.69) is 25.9 Å². The summed E-state index contributed by atoms with van der Waals surface area (Å²) in [4.78, 5) is 34.1. The fourth-order valence-electron chi connectivity index (χ4n) is 4.14. The molecule has 3 N–H and O–H groups in total. The van der Waals surface area contributed by atoms with Gasteiger partial charge in [-0.3, -0.25) is 19.5 Å². The molecule has 1 fully saturated rings. The molecule has 2 unspecified atom stereocenters. The molecular formula is C23H22Cl2N6O3. The van der Waals surface area contributed by atoms with Gasteiger partial charge in [-0.1, -0.05) is 35.3 Å². The monoisotopic (exact) mass is 500 g/mol. The first kappa shape index (κ1) is 22.8. The number of ether oxygens (including phenoxy) is 1. The van der Waals surface area contributed by atoms with Crippen molar-refractivity contribution in [2.45, 2.75) is 31.7 Å². The molecule has 3 aromatic rings. The summed E-state index contributed by atoms with van der Waals surface area (Å²) < 4.78 is 7.15. The fourth-order valence-corrected chi connectivity index (χ4v) is 4.63. The van der Waals surface area contributed by atoms with Crippen LogP contribution in [0.2, 0.25) is 10.0 Å². The van der Waals surface area contributed by atoms with Crippen LogP contribution in [0.1, 0.15) is 37.3 Å². The molecule has 0 spiro atoms. The topological polar surface area (TPSA) is 110 Å². The van der Waals surface area contributed by atoms with E-state index in [0.717, 1.165) is 18.4 Å². The lowest BCUT2D eigenvalue weighted by molar-refractivity contribution is -0.117. The van der Waals surface area contributed by atoms with Gasteiger partial charge in [0.2, 0.25) is 5.91 Å². The predicted octanol–water partition coefficient (Wildman–Crippen LogP) is 4.01. The molecule has 0 saturated heterocycles. The van der Waals surface area contributed by atoms with Gasteiger partial charge < -0.3 is 15.4 Å². The van der Waals surface area contributed by atoms with Gasteiger partial charge in [0.05, 0.1) is 10.7 Å². The zero-order valence-corrected chi connectivity index (χ0v) is 19.9. The van der Waals surface area contributed by atoms with Gasteiger partial charge in [0.1, 0.15) is 29.3 Å². The highest BCUT2D eigenvalue weighted by molar-refractivity contribution is 6.31. The lowest BCUT2D eigenvalue weighted by Gasteiger charge is -2.29. The fraction of sp³-hybridized carbons (Fsp3) is 0.304. The summed E-state index contributed by atoms with van der Waals surface area (Å²) in [7, 11) is 1.54. The number of amides is 1. The number of pyridine rings is 1. The lowest BCUT2D eigenvalue weighted by Crippen LogP contribution is -2.45. The van der Waals surface area contributed by atoms with Crippen LogP contribution >= 0.6 is 23.2 Å². The molecular weight excluding hydrogens is 479 g/mol. The molecule has 1 aliphatic heterocycles. The van der Waals surface area contributed by atoms with E-state index >= 15 is 0 Å². The van der Waals surface area contributed by atoms with Crippen molar-refractivity contribution >= 4 is 46.4 Å². The molecule has 0 radical (unpaired) electrons. The number of anilines is 3. The van der Waals surface area contributed by atoms with E-state index in [1.54, 1.807) is 22.8 Å². The molecule has 1 aliphatic carbocycles. The standard InChI is InChI=1S/C23H22Cl2N6O3/c1-23(13-4-3-5-14(24)8-13)30-21(34-2)19-15(25)9-16(22(33)31(19)23)28-17-10-18(27-11-26-17)29-20(32)12-6-7-12/h3-5,8-12,21,30H,6-7H2,1-2H3,(H2,26,27,28,29,32). The van der Waals surface area contributed by atoms with Crippen LogP contribution in [0, 0.1) is 5.92 Å². The molecule has 3 heterocycles. The van der Waals surface area contributed by atoms with Crippen molar-refractivity contribution in [3.05, 3.63) is 74.4 Å². The van der Waals surface area contributed by atoms with Crippen molar-refractivity contribution in [3.63, 3.8) is 0 Å². The van der Waals surface area contributed by atoms with E-state index in [0.29, 0.717) is 27.4 Å². The number of methoxy groups -OCH3 is 1. The Morgan fingerprint density at radius 1 is 1.21 bits per heavy atom. The zero-order valence-electron chi connectivity index (χ0n) is 18.4. The van der Waals surface area contributed by atoms with Crippen molar-refractivity contribution in [1.82, 2.24) is 19.9 Å². The van der Waals surface area contributed by atoms with Crippen molar-refractivity contribution in [2.24, 2.45) is 5.92 Å². The largest absolute Gasteiger partial charge is 0.361 e. The maximum atomic E-state index is 13.7. The average Bonchev–Trinajstić information content (AvgIpc) is 3.61. The number of aromatic nitrogens is 3. The second kappa shape index (κ2) is 8.66. The summed E-state index contributed by atoms with van der Waals surface area (Å²) in [5.74, 6) is 0.663. The van der Waals surface area contributed by atoms with Gasteiger partial charge in [0, 0.05) is 24.1 Å². The van der Waals surface area contributed by atoms with E-state index < -0.39 is 11.9 Å². The quantitative estimate of drug-likeness (QED) is 0.468. The number of nitrogens with one attached hydrogen (secondary N) is 3. The molecule has 11 heteroatoms. The lowest BCUT2D eigenvalue weighted by atomic mass is 10.0. The average molecular weight is 501 g/mol. The summed E-state index contributed by atoms with van der Waals surface area (Å²) in [6.45, 7) is 1.86. The van der Waals surface area contributed by atoms with Crippen LogP contribution in [0.4, 0.5) is 17.3 Å². The van der Waals surface area contributed by atoms with Crippen LogP contribution < -0.4 is 21.5 Å². The Labute approximate surface area is 205 Å². The van der Waals surface area contributed by atoms with Gasteiger partial charge in [-0.2, -0.15) is 0 Å².